The van der Waals surface area contributed by atoms with Crippen molar-refractivity contribution >= 4 is 11.5 Å². The highest BCUT2D eigenvalue weighted by Gasteiger charge is 2.29. The van der Waals surface area contributed by atoms with Crippen LogP contribution < -0.4 is 5.32 Å². The average molecular weight is 307 g/mol. The van der Waals surface area contributed by atoms with Gasteiger partial charge in [-0.25, -0.2) is 0 Å². The largest absolute Gasteiger partial charge is 0.378 e. The standard InChI is InChI=1S/C21H25NO/c23-20-16-10-2-1-9-15-19(20)21(17-11-5-3-6-12-17)22-18-13-7-4-8-14-18/h3-8,11-14,19,21-22H,1-2,9-10,15-16H2. The van der Waals surface area contributed by atoms with Gasteiger partial charge < -0.3 is 5.32 Å². The van der Waals surface area contributed by atoms with Crippen LogP contribution in [0.5, 0.6) is 0 Å². The van der Waals surface area contributed by atoms with Crippen molar-refractivity contribution in [1.82, 2.24) is 0 Å². The predicted octanol–water partition coefficient (Wildman–Crippen LogP) is 5.38. The lowest BCUT2D eigenvalue weighted by Crippen LogP contribution is -2.28. The molecular formula is C21H25NO. The fourth-order valence-corrected chi connectivity index (χ4v) is 3.51. The second kappa shape index (κ2) is 7.96. The van der Waals surface area contributed by atoms with Gasteiger partial charge in [0, 0.05) is 18.0 Å². The topological polar surface area (TPSA) is 29.1 Å². The number of Topliss-reactive ketones (excluding diaryl/α,β-unsaturated/α-hetero) is 1. The summed E-state index contributed by atoms with van der Waals surface area (Å²) < 4.78 is 0. The smallest absolute Gasteiger partial charge is 0.138 e. The van der Waals surface area contributed by atoms with Crippen LogP contribution in [0.25, 0.3) is 0 Å². The number of carbonyl (C=O) groups is 1. The van der Waals surface area contributed by atoms with E-state index in [9.17, 15) is 4.79 Å². The van der Waals surface area contributed by atoms with Crippen LogP contribution in [0, 0.1) is 5.92 Å². The Hall–Kier alpha value is -2.09. The van der Waals surface area contributed by atoms with E-state index in [0.717, 1.165) is 31.4 Å². The van der Waals surface area contributed by atoms with Gasteiger partial charge in [0.2, 0.25) is 0 Å². The summed E-state index contributed by atoms with van der Waals surface area (Å²) in [6.07, 6.45) is 6.35. The molecule has 0 aromatic heterocycles. The molecule has 1 aliphatic rings. The summed E-state index contributed by atoms with van der Waals surface area (Å²) in [5.74, 6) is 0.486. The van der Waals surface area contributed by atoms with Crippen LogP contribution in [-0.4, -0.2) is 5.78 Å². The Morgan fingerprint density at radius 1 is 0.826 bits per heavy atom. The first kappa shape index (κ1) is 15.8. The maximum absolute atomic E-state index is 12.7. The summed E-state index contributed by atoms with van der Waals surface area (Å²) in [4.78, 5) is 12.7. The SMILES string of the molecule is O=C1CCCCCCC1C(Nc1ccccc1)c1ccccc1. The molecule has 0 saturated heterocycles. The normalized spacial score (nSPS) is 20.3. The zero-order valence-corrected chi connectivity index (χ0v) is 13.6. The van der Waals surface area contributed by atoms with Gasteiger partial charge in [-0.15, -0.1) is 0 Å². The van der Waals surface area contributed by atoms with Gasteiger partial charge in [0.25, 0.3) is 0 Å². The van der Waals surface area contributed by atoms with Crippen LogP contribution in [0.15, 0.2) is 60.7 Å². The van der Waals surface area contributed by atoms with Gasteiger partial charge in [-0.1, -0.05) is 67.8 Å². The lowest BCUT2D eigenvalue weighted by molar-refractivity contribution is -0.124. The Balaban J connectivity index is 1.88. The Bertz CT molecular complexity index is 608. The first-order valence-electron chi connectivity index (χ1n) is 8.74. The van der Waals surface area contributed by atoms with E-state index in [1.807, 2.05) is 24.3 Å². The maximum atomic E-state index is 12.7. The van der Waals surface area contributed by atoms with Crippen molar-refractivity contribution in [3.63, 3.8) is 0 Å². The van der Waals surface area contributed by atoms with Gasteiger partial charge in [0.15, 0.2) is 0 Å². The molecule has 2 nitrogen and oxygen atoms in total. The van der Waals surface area contributed by atoms with Gasteiger partial charge in [-0.05, 0) is 30.5 Å². The van der Waals surface area contributed by atoms with E-state index in [-0.39, 0.29) is 12.0 Å². The quantitative estimate of drug-likeness (QED) is 0.821. The molecule has 0 bridgehead atoms. The van der Waals surface area contributed by atoms with Crippen molar-refractivity contribution in [2.75, 3.05) is 5.32 Å². The second-order valence-electron chi connectivity index (χ2n) is 6.42. The minimum absolute atomic E-state index is 0.0594. The number of carbonyl (C=O) groups excluding carboxylic acids is 1. The van der Waals surface area contributed by atoms with Crippen molar-refractivity contribution < 1.29 is 4.79 Å². The second-order valence-corrected chi connectivity index (χ2v) is 6.42. The molecule has 0 heterocycles. The van der Waals surface area contributed by atoms with E-state index in [0.29, 0.717) is 5.78 Å². The molecule has 1 aliphatic carbocycles. The Morgan fingerprint density at radius 2 is 1.48 bits per heavy atom. The molecule has 2 heteroatoms. The number of hydrogen-bond donors (Lipinski definition) is 1. The zero-order chi connectivity index (χ0) is 15.9. The van der Waals surface area contributed by atoms with Crippen molar-refractivity contribution in [3.8, 4) is 0 Å². The number of para-hydroxylation sites is 1. The molecule has 2 aromatic rings. The average Bonchev–Trinajstić information content (AvgIpc) is 2.59. The molecule has 23 heavy (non-hydrogen) atoms. The number of rotatable bonds is 4. The Morgan fingerprint density at radius 3 is 2.22 bits per heavy atom. The molecule has 0 amide bonds. The van der Waals surface area contributed by atoms with E-state index < -0.39 is 0 Å². The third-order valence-electron chi connectivity index (χ3n) is 4.76. The van der Waals surface area contributed by atoms with Crippen LogP contribution >= 0.6 is 0 Å². The van der Waals surface area contributed by atoms with Crippen molar-refractivity contribution in [2.24, 2.45) is 5.92 Å². The molecule has 2 unspecified atom stereocenters. The minimum Gasteiger partial charge on any atom is -0.378 e. The first-order valence-corrected chi connectivity index (χ1v) is 8.74. The molecular weight excluding hydrogens is 282 g/mol. The molecule has 2 aromatic carbocycles. The maximum Gasteiger partial charge on any atom is 0.138 e. The molecule has 0 spiro atoms. The molecule has 1 N–H and O–H groups in total. The van der Waals surface area contributed by atoms with E-state index in [4.69, 9.17) is 0 Å². The van der Waals surface area contributed by atoms with E-state index in [1.54, 1.807) is 0 Å². The fourth-order valence-electron chi connectivity index (χ4n) is 3.51. The van der Waals surface area contributed by atoms with Crippen LogP contribution in [0.1, 0.15) is 50.1 Å². The van der Waals surface area contributed by atoms with Crippen LogP contribution in [0.4, 0.5) is 5.69 Å². The van der Waals surface area contributed by atoms with Crippen molar-refractivity contribution in [1.29, 1.82) is 0 Å². The van der Waals surface area contributed by atoms with E-state index in [1.165, 1.54) is 18.4 Å². The van der Waals surface area contributed by atoms with Crippen LogP contribution in [0.2, 0.25) is 0 Å². The van der Waals surface area contributed by atoms with Gasteiger partial charge in [0.1, 0.15) is 5.78 Å². The molecule has 120 valence electrons. The summed E-state index contributed by atoms with van der Waals surface area (Å²) >= 11 is 0. The number of anilines is 1. The molecule has 2 atom stereocenters. The Labute approximate surface area is 138 Å². The van der Waals surface area contributed by atoms with Crippen molar-refractivity contribution in [2.45, 2.75) is 44.6 Å². The molecule has 3 rings (SSSR count). The van der Waals surface area contributed by atoms with E-state index in [2.05, 4.69) is 41.7 Å². The van der Waals surface area contributed by atoms with Crippen LogP contribution in [0.3, 0.4) is 0 Å². The van der Waals surface area contributed by atoms with Gasteiger partial charge in [0.05, 0.1) is 6.04 Å². The van der Waals surface area contributed by atoms with Gasteiger partial charge in [-0.3, -0.25) is 4.79 Å². The highest BCUT2D eigenvalue weighted by molar-refractivity contribution is 5.82. The van der Waals surface area contributed by atoms with Gasteiger partial charge in [-0.2, -0.15) is 0 Å². The van der Waals surface area contributed by atoms with Crippen LogP contribution in [-0.2, 0) is 4.79 Å². The highest BCUT2D eigenvalue weighted by Crippen LogP contribution is 2.33. The summed E-state index contributed by atoms with van der Waals surface area (Å²) in [7, 11) is 0. The lowest BCUT2D eigenvalue weighted by Gasteiger charge is -2.30. The monoisotopic (exact) mass is 307 g/mol. The summed E-state index contributed by atoms with van der Waals surface area (Å²) in [6, 6.07) is 20.7. The minimum atomic E-state index is 0.0594. The Kier molecular flexibility index (Phi) is 5.46. The summed E-state index contributed by atoms with van der Waals surface area (Å²) in [6.45, 7) is 0. The first-order chi connectivity index (χ1) is 11.3. The number of nitrogens with one attached hydrogen (secondary N) is 1. The molecule has 1 fully saturated rings. The number of ketones is 1. The van der Waals surface area contributed by atoms with Gasteiger partial charge >= 0.3 is 0 Å². The third kappa shape index (κ3) is 4.22. The highest BCUT2D eigenvalue weighted by atomic mass is 16.1. The third-order valence-corrected chi connectivity index (χ3v) is 4.76. The van der Waals surface area contributed by atoms with Crippen molar-refractivity contribution in [3.05, 3.63) is 66.2 Å². The predicted molar refractivity (Wildman–Crippen MR) is 95.4 cm³/mol. The zero-order valence-electron chi connectivity index (χ0n) is 13.6. The molecule has 0 aliphatic heterocycles. The lowest BCUT2D eigenvalue weighted by atomic mass is 9.82. The summed E-state index contributed by atoms with van der Waals surface area (Å²) in [5.41, 5.74) is 2.28. The van der Waals surface area contributed by atoms with E-state index >= 15 is 0 Å². The summed E-state index contributed by atoms with van der Waals surface area (Å²) in [5, 5.41) is 3.62. The molecule has 0 radical (unpaired) electrons. The number of hydrogen-bond acceptors (Lipinski definition) is 2. The number of benzene rings is 2. The fraction of sp³-hybridized carbons (Fsp3) is 0.381. The molecule has 1 saturated carbocycles.